The van der Waals surface area contributed by atoms with Gasteiger partial charge in [0.05, 0.1) is 5.52 Å². The number of fused-ring (bicyclic) bond motifs is 1. The van der Waals surface area contributed by atoms with Gasteiger partial charge in [-0.2, -0.15) is 5.10 Å². The Morgan fingerprint density at radius 1 is 1.35 bits per heavy atom. The van der Waals surface area contributed by atoms with E-state index in [0.29, 0.717) is 17.6 Å². The average molecular weight is 356 g/mol. The number of hydrogen-bond donors (Lipinski definition) is 2. The second-order valence-corrected chi connectivity index (χ2v) is 5.97. The molecule has 8 heteroatoms. The molecule has 0 aliphatic heterocycles. The highest BCUT2D eigenvalue weighted by molar-refractivity contribution is 6.03. The summed E-state index contributed by atoms with van der Waals surface area (Å²) >= 11 is 0. The lowest BCUT2D eigenvalue weighted by Gasteiger charge is -2.16. The van der Waals surface area contributed by atoms with Gasteiger partial charge in [0.2, 0.25) is 0 Å². The summed E-state index contributed by atoms with van der Waals surface area (Å²) in [6.07, 6.45) is 1.09. The van der Waals surface area contributed by atoms with Gasteiger partial charge in [-0.05, 0) is 25.8 Å². The third-order valence-corrected chi connectivity index (χ3v) is 3.90. The van der Waals surface area contributed by atoms with Gasteiger partial charge in [0, 0.05) is 11.5 Å². The monoisotopic (exact) mass is 356 g/mol. The zero-order chi connectivity index (χ0) is 18.5. The number of anilines is 1. The minimum absolute atomic E-state index is 0.159. The predicted molar refractivity (Wildman–Crippen MR) is 94.7 cm³/mol. The number of esters is 1. The summed E-state index contributed by atoms with van der Waals surface area (Å²) in [6.45, 7) is 3.72. The molecule has 3 aromatic rings. The highest BCUT2D eigenvalue weighted by Gasteiger charge is 2.26. The highest BCUT2D eigenvalue weighted by Crippen LogP contribution is 2.18. The number of amides is 1. The number of nitrogens with zero attached hydrogens (tertiary/aromatic N) is 2. The number of benzene rings is 1. The lowest BCUT2D eigenvalue weighted by Crippen LogP contribution is -2.33. The first kappa shape index (κ1) is 17.7. The number of hydrogen-bond acceptors (Lipinski definition) is 6. The van der Waals surface area contributed by atoms with E-state index in [-0.39, 0.29) is 11.5 Å². The normalized spacial score (nSPS) is 12.1. The van der Waals surface area contributed by atoms with E-state index < -0.39 is 18.0 Å². The number of unbranched alkanes of at least 4 members (excludes halogenated alkanes) is 1. The molecule has 136 valence electrons. The molecule has 1 atom stereocenters. The van der Waals surface area contributed by atoms with Crippen LogP contribution in [0.3, 0.4) is 0 Å². The maximum Gasteiger partial charge on any atom is 0.360 e. The molecule has 0 radical (unpaired) electrons. The maximum atomic E-state index is 12.5. The van der Waals surface area contributed by atoms with E-state index in [1.165, 1.54) is 0 Å². The van der Waals surface area contributed by atoms with Crippen LogP contribution >= 0.6 is 0 Å². The number of carbonyl (C=O) groups is 2. The first-order valence-electron chi connectivity index (χ1n) is 8.46. The first-order chi connectivity index (χ1) is 12.6. The third-order valence-electron chi connectivity index (χ3n) is 3.90. The topological polar surface area (TPSA) is 110 Å². The molecule has 3 rings (SSSR count). The standard InChI is InChI=1S/C18H20N4O4/c1-3-4-9-14(17(23)19-15-10-11(2)26-22-15)25-18(24)16-12-7-5-6-8-13(12)20-21-16/h5-8,10,14H,3-4,9H2,1-2H3,(H,20,21)(H,19,22,23)/t14-/m0/s1. The Morgan fingerprint density at radius 3 is 2.88 bits per heavy atom. The van der Waals surface area contributed by atoms with Gasteiger partial charge < -0.3 is 14.6 Å². The van der Waals surface area contributed by atoms with E-state index in [1.807, 2.05) is 25.1 Å². The SMILES string of the molecule is CCCC[C@H](OC(=O)c1n[nH]c2ccccc12)C(=O)Nc1cc(C)on1. The van der Waals surface area contributed by atoms with Crippen molar-refractivity contribution < 1.29 is 18.8 Å². The van der Waals surface area contributed by atoms with E-state index in [2.05, 4.69) is 20.7 Å². The van der Waals surface area contributed by atoms with Crippen molar-refractivity contribution in [3.05, 3.63) is 41.8 Å². The van der Waals surface area contributed by atoms with Gasteiger partial charge in [0.25, 0.3) is 5.91 Å². The van der Waals surface area contributed by atoms with Gasteiger partial charge in [-0.15, -0.1) is 0 Å². The molecule has 0 saturated heterocycles. The molecule has 0 unspecified atom stereocenters. The van der Waals surface area contributed by atoms with Crippen molar-refractivity contribution in [1.29, 1.82) is 0 Å². The molecule has 2 aromatic heterocycles. The smallest absolute Gasteiger partial charge is 0.360 e. The largest absolute Gasteiger partial charge is 0.447 e. The molecule has 1 aromatic carbocycles. The van der Waals surface area contributed by atoms with Crippen molar-refractivity contribution in [3.63, 3.8) is 0 Å². The number of carbonyl (C=O) groups excluding carboxylic acids is 2. The summed E-state index contributed by atoms with van der Waals surface area (Å²) in [7, 11) is 0. The Hall–Kier alpha value is -3.16. The number of ether oxygens (including phenoxy) is 1. The lowest BCUT2D eigenvalue weighted by molar-refractivity contribution is -0.125. The molecule has 2 heterocycles. The third kappa shape index (κ3) is 3.90. The van der Waals surface area contributed by atoms with Gasteiger partial charge in [0.15, 0.2) is 17.6 Å². The molecule has 0 spiro atoms. The number of rotatable bonds is 7. The molecular formula is C18H20N4O4. The van der Waals surface area contributed by atoms with Crippen LogP contribution in [0.4, 0.5) is 5.82 Å². The number of aryl methyl sites for hydroxylation is 1. The van der Waals surface area contributed by atoms with Gasteiger partial charge in [0.1, 0.15) is 5.76 Å². The Bertz CT molecular complexity index is 915. The van der Waals surface area contributed by atoms with Crippen molar-refractivity contribution in [3.8, 4) is 0 Å². The van der Waals surface area contributed by atoms with Crippen molar-refractivity contribution >= 4 is 28.6 Å². The number of aromatic nitrogens is 3. The second-order valence-electron chi connectivity index (χ2n) is 5.97. The van der Waals surface area contributed by atoms with E-state index in [9.17, 15) is 9.59 Å². The van der Waals surface area contributed by atoms with Crippen molar-refractivity contribution in [2.24, 2.45) is 0 Å². The Morgan fingerprint density at radius 2 is 2.15 bits per heavy atom. The van der Waals surface area contributed by atoms with Gasteiger partial charge >= 0.3 is 5.97 Å². The summed E-state index contributed by atoms with van der Waals surface area (Å²) in [4.78, 5) is 25.0. The van der Waals surface area contributed by atoms with E-state index in [0.717, 1.165) is 18.4 Å². The van der Waals surface area contributed by atoms with Gasteiger partial charge in [-0.1, -0.05) is 36.7 Å². The van der Waals surface area contributed by atoms with E-state index in [1.54, 1.807) is 19.1 Å². The Labute approximate surface area is 149 Å². The molecule has 0 aliphatic rings. The highest BCUT2D eigenvalue weighted by atomic mass is 16.5. The molecule has 0 saturated carbocycles. The Kier molecular flexibility index (Phi) is 5.31. The summed E-state index contributed by atoms with van der Waals surface area (Å²) in [5.41, 5.74) is 0.888. The lowest BCUT2D eigenvalue weighted by atomic mass is 10.1. The van der Waals surface area contributed by atoms with Crippen molar-refractivity contribution in [2.75, 3.05) is 5.32 Å². The van der Waals surface area contributed by atoms with E-state index in [4.69, 9.17) is 9.26 Å². The molecule has 0 aliphatic carbocycles. The van der Waals surface area contributed by atoms with E-state index >= 15 is 0 Å². The fourth-order valence-corrected chi connectivity index (χ4v) is 2.57. The molecule has 0 bridgehead atoms. The number of H-pyrrole nitrogens is 1. The predicted octanol–water partition coefficient (Wildman–Crippen LogP) is 3.21. The summed E-state index contributed by atoms with van der Waals surface area (Å²) in [5, 5.41) is 13.8. The van der Waals surface area contributed by atoms with Gasteiger partial charge in [-0.3, -0.25) is 9.89 Å². The van der Waals surface area contributed by atoms with Crippen LogP contribution in [0.15, 0.2) is 34.9 Å². The molecule has 26 heavy (non-hydrogen) atoms. The van der Waals surface area contributed by atoms with Crippen LogP contribution in [0, 0.1) is 6.92 Å². The zero-order valence-electron chi connectivity index (χ0n) is 14.6. The fourth-order valence-electron chi connectivity index (χ4n) is 2.57. The quantitative estimate of drug-likeness (QED) is 0.629. The van der Waals surface area contributed by atoms with Gasteiger partial charge in [-0.25, -0.2) is 4.79 Å². The second kappa shape index (κ2) is 7.81. The molecule has 8 nitrogen and oxygen atoms in total. The zero-order valence-corrected chi connectivity index (χ0v) is 14.6. The number of para-hydroxylation sites is 1. The molecule has 1 amide bonds. The Balaban J connectivity index is 1.74. The van der Waals surface area contributed by atoms with Crippen LogP contribution < -0.4 is 5.32 Å². The first-order valence-corrected chi connectivity index (χ1v) is 8.46. The molecule has 2 N–H and O–H groups in total. The van der Waals surface area contributed by atoms with Crippen LogP contribution in [-0.4, -0.2) is 33.3 Å². The average Bonchev–Trinajstić information content (AvgIpc) is 3.24. The minimum atomic E-state index is -0.935. The van der Waals surface area contributed by atoms with Crippen LogP contribution in [0.25, 0.3) is 10.9 Å². The number of nitrogens with one attached hydrogen (secondary N) is 2. The van der Waals surface area contributed by atoms with Crippen LogP contribution in [0.5, 0.6) is 0 Å². The van der Waals surface area contributed by atoms with Crippen LogP contribution in [0.2, 0.25) is 0 Å². The summed E-state index contributed by atoms with van der Waals surface area (Å²) < 4.78 is 10.4. The molecule has 0 fully saturated rings. The fraction of sp³-hybridized carbons (Fsp3) is 0.333. The van der Waals surface area contributed by atoms with Crippen molar-refractivity contribution in [2.45, 2.75) is 39.2 Å². The summed E-state index contributed by atoms with van der Waals surface area (Å²) in [6, 6.07) is 8.83. The van der Waals surface area contributed by atoms with Crippen molar-refractivity contribution in [1.82, 2.24) is 15.4 Å². The summed E-state index contributed by atoms with van der Waals surface area (Å²) in [5.74, 6) is -0.226. The molecular weight excluding hydrogens is 336 g/mol. The number of aromatic amines is 1. The van der Waals surface area contributed by atoms with Crippen LogP contribution in [0.1, 0.15) is 42.4 Å². The minimum Gasteiger partial charge on any atom is -0.447 e. The maximum absolute atomic E-state index is 12.5. The van der Waals surface area contributed by atoms with Crippen LogP contribution in [-0.2, 0) is 9.53 Å².